The summed E-state index contributed by atoms with van der Waals surface area (Å²) in [7, 11) is 0. The number of hydrogen-bond acceptors (Lipinski definition) is 2. The first-order valence-electron chi connectivity index (χ1n) is 7.02. The second-order valence-electron chi connectivity index (χ2n) is 5.80. The minimum absolute atomic E-state index is 0.277. The maximum atomic E-state index is 13.2. The molecule has 2 nitrogen and oxygen atoms in total. The lowest BCUT2D eigenvalue weighted by molar-refractivity contribution is 0.227. The number of halogens is 1. The van der Waals surface area contributed by atoms with Gasteiger partial charge in [-0.05, 0) is 54.9 Å². The Bertz CT molecular complexity index is 478. The van der Waals surface area contributed by atoms with Crippen LogP contribution in [-0.4, -0.2) is 6.04 Å². The Morgan fingerprint density at radius 2 is 2.16 bits per heavy atom. The molecule has 0 saturated heterocycles. The van der Waals surface area contributed by atoms with Gasteiger partial charge in [-0.3, -0.25) is 0 Å². The van der Waals surface area contributed by atoms with Crippen molar-refractivity contribution in [3.8, 4) is 6.07 Å². The third-order valence-corrected chi connectivity index (χ3v) is 4.17. The Hall–Kier alpha value is -1.40. The van der Waals surface area contributed by atoms with Crippen LogP contribution < -0.4 is 5.32 Å². The van der Waals surface area contributed by atoms with Crippen molar-refractivity contribution in [3.05, 3.63) is 35.1 Å². The molecule has 1 fully saturated rings. The van der Waals surface area contributed by atoms with Gasteiger partial charge in [0.05, 0.1) is 11.6 Å². The molecule has 1 aliphatic carbocycles. The average molecular weight is 260 g/mol. The van der Waals surface area contributed by atoms with Crippen molar-refractivity contribution in [2.75, 3.05) is 0 Å². The largest absolute Gasteiger partial charge is 0.310 e. The van der Waals surface area contributed by atoms with Crippen molar-refractivity contribution in [2.45, 2.75) is 45.7 Å². The molecular formula is C16H21FN2. The van der Waals surface area contributed by atoms with Gasteiger partial charge in [0.1, 0.15) is 5.82 Å². The van der Waals surface area contributed by atoms with Crippen LogP contribution in [0.3, 0.4) is 0 Å². The second kappa shape index (κ2) is 6.16. The van der Waals surface area contributed by atoms with Gasteiger partial charge in [0.15, 0.2) is 0 Å². The molecule has 0 amide bonds. The molecule has 0 heterocycles. The molecule has 19 heavy (non-hydrogen) atoms. The molecule has 3 atom stereocenters. The Morgan fingerprint density at radius 3 is 2.84 bits per heavy atom. The average Bonchev–Trinajstić information content (AvgIpc) is 2.38. The minimum Gasteiger partial charge on any atom is -0.310 e. The Kier molecular flexibility index (Phi) is 4.55. The minimum atomic E-state index is -0.277. The van der Waals surface area contributed by atoms with Gasteiger partial charge in [-0.25, -0.2) is 4.39 Å². The van der Waals surface area contributed by atoms with Crippen molar-refractivity contribution >= 4 is 0 Å². The number of nitriles is 1. The lowest BCUT2D eigenvalue weighted by Gasteiger charge is -2.33. The normalized spacial score (nSPS) is 26.9. The summed E-state index contributed by atoms with van der Waals surface area (Å²) in [4.78, 5) is 0. The molecule has 1 aliphatic rings. The van der Waals surface area contributed by atoms with Gasteiger partial charge in [0.2, 0.25) is 0 Å². The van der Waals surface area contributed by atoms with E-state index in [-0.39, 0.29) is 5.82 Å². The van der Waals surface area contributed by atoms with Crippen LogP contribution in [0.1, 0.15) is 44.2 Å². The van der Waals surface area contributed by atoms with Gasteiger partial charge in [-0.1, -0.05) is 13.8 Å². The van der Waals surface area contributed by atoms with Crippen LogP contribution in [0.15, 0.2) is 18.2 Å². The molecule has 0 aromatic heterocycles. The first-order valence-corrected chi connectivity index (χ1v) is 7.02. The fourth-order valence-electron chi connectivity index (χ4n) is 3.03. The van der Waals surface area contributed by atoms with Crippen LogP contribution in [0.4, 0.5) is 4.39 Å². The molecular weight excluding hydrogens is 239 g/mol. The van der Waals surface area contributed by atoms with E-state index >= 15 is 0 Å². The van der Waals surface area contributed by atoms with Crippen molar-refractivity contribution < 1.29 is 4.39 Å². The third kappa shape index (κ3) is 3.54. The summed E-state index contributed by atoms with van der Waals surface area (Å²) in [5.74, 6) is 1.17. The van der Waals surface area contributed by atoms with E-state index in [1.54, 1.807) is 6.07 Å². The standard InChI is InChI=1S/C16H21FN2/c1-11-3-6-16(12(2)7-11)19-10-14-8-15(17)5-4-13(14)9-18/h4-5,8,11-12,16,19H,3,6-7,10H2,1-2H3. The topological polar surface area (TPSA) is 35.8 Å². The van der Waals surface area contributed by atoms with Gasteiger partial charge < -0.3 is 5.32 Å². The highest BCUT2D eigenvalue weighted by Crippen LogP contribution is 2.28. The Balaban J connectivity index is 1.99. The lowest BCUT2D eigenvalue weighted by Crippen LogP contribution is -2.38. The summed E-state index contributed by atoms with van der Waals surface area (Å²) in [5, 5.41) is 12.5. The van der Waals surface area contributed by atoms with Gasteiger partial charge in [0, 0.05) is 12.6 Å². The highest BCUT2D eigenvalue weighted by Gasteiger charge is 2.24. The number of nitrogens with one attached hydrogen (secondary N) is 1. The highest BCUT2D eigenvalue weighted by molar-refractivity contribution is 5.37. The number of nitrogens with zero attached hydrogens (tertiary/aromatic N) is 1. The van der Waals surface area contributed by atoms with Gasteiger partial charge in [-0.2, -0.15) is 5.26 Å². The Labute approximate surface area is 114 Å². The maximum absolute atomic E-state index is 13.2. The van der Waals surface area contributed by atoms with E-state index in [2.05, 4.69) is 25.2 Å². The van der Waals surface area contributed by atoms with Gasteiger partial charge in [0.25, 0.3) is 0 Å². The van der Waals surface area contributed by atoms with Crippen molar-refractivity contribution in [1.29, 1.82) is 5.26 Å². The Morgan fingerprint density at radius 1 is 1.37 bits per heavy atom. The first kappa shape index (κ1) is 14.0. The molecule has 102 valence electrons. The molecule has 0 bridgehead atoms. The van der Waals surface area contributed by atoms with E-state index in [9.17, 15) is 4.39 Å². The third-order valence-electron chi connectivity index (χ3n) is 4.17. The molecule has 2 rings (SSSR count). The maximum Gasteiger partial charge on any atom is 0.123 e. The summed E-state index contributed by atoms with van der Waals surface area (Å²) in [6, 6.07) is 6.95. The van der Waals surface area contributed by atoms with E-state index in [0.29, 0.717) is 24.1 Å². The van der Waals surface area contributed by atoms with Crippen molar-refractivity contribution in [1.82, 2.24) is 5.32 Å². The first-order chi connectivity index (χ1) is 9.10. The summed E-state index contributed by atoms with van der Waals surface area (Å²) in [5.41, 5.74) is 1.32. The zero-order chi connectivity index (χ0) is 13.8. The van der Waals surface area contributed by atoms with Crippen LogP contribution in [0, 0.1) is 29.0 Å². The zero-order valence-corrected chi connectivity index (χ0v) is 11.6. The molecule has 0 spiro atoms. The number of hydrogen-bond donors (Lipinski definition) is 1. The number of rotatable bonds is 3. The predicted octanol–water partition coefficient (Wildman–Crippen LogP) is 3.61. The van der Waals surface area contributed by atoms with Crippen LogP contribution in [-0.2, 0) is 6.54 Å². The van der Waals surface area contributed by atoms with Gasteiger partial charge in [-0.15, -0.1) is 0 Å². The monoisotopic (exact) mass is 260 g/mol. The second-order valence-corrected chi connectivity index (χ2v) is 5.80. The summed E-state index contributed by atoms with van der Waals surface area (Å²) >= 11 is 0. The van der Waals surface area contributed by atoms with E-state index < -0.39 is 0 Å². The molecule has 0 aliphatic heterocycles. The lowest BCUT2D eigenvalue weighted by atomic mass is 9.80. The molecule has 1 N–H and O–H groups in total. The molecule has 1 saturated carbocycles. The van der Waals surface area contributed by atoms with E-state index in [4.69, 9.17) is 5.26 Å². The summed E-state index contributed by atoms with van der Waals surface area (Å²) in [6.07, 6.45) is 3.65. The summed E-state index contributed by atoms with van der Waals surface area (Å²) < 4.78 is 13.2. The van der Waals surface area contributed by atoms with Crippen LogP contribution in [0.5, 0.6) is 0 Å². The quantitative estimate of drug-likeness (QED) is 0.901. The number of benzene rings is 1. The van der Waals surface area contributed by atoms with Crippen LogP contribution in [0.25, 0.3) is 0 Å². The van der Waals surface area contributed by atoms with E-state index in [1.165, 1.54) is 31.4 Å². The predicted molar refractivity (Wildman–Crippen MR) is 73.9 cm³/mol. The smallest absolute Gasteiger partial charge is 0.123 e. The zero-order valence-electron chi connectivity index (χ0n) is 11.6. The van der Waals surface area contributed by atoms with Crippen LogP contribution in [0.2, 0.25) is 0 Å². The highest BCUT2D eigenvalue weighted by atomic mass is 19.1. The van der Waals surface area contributed by atoms with E-state index in [1.807, 2.05) is 0 Å². The molecule has 1 aromatic carbocycles. The SMILES string of the molecule is CC1CCC(NCc2cc(F)ccc2C#N)C(C)C1. The molecule has 3 heteroatoms. The van der Waals surface area contributed by atoms with E-state index in [0.717, 1.165) is 11.5 Å². The fourth-order valence-corrected chi connectivity index (χ4v) is 3.03. The molecule has 3 unspecified atom stereocenters. The summed E-state index contributed by atoms with van der Waals surface area (Å²) in [6.45, 7) is 5.14. The molecule has 1 aromatic rings. The van der Waals surface area contributed by atoms with Gasteiger partial charge >= 0.3 is 0 Å². The van der Waals surface area contributed by atoms with Crippen molar-refractivity contribution in [3.63, 3.8) is 0 Å². The fraction of sp³-hybridized carbons (Fsp3) is 0.562. The van der Waals surface area contributed by atoms with Crippen molar-refractivity contribution in [2.24, 2.45) is 11.8 Å². The molecule has 0 radical (unpaired) electrons. The van der Waals surface area contributed by atoms with Crippen LogP contribution >= 0.6 is 0 Å².